The van der Waals surface area contributed by atoms with Crippen molar-refractivity contribution in [1.29, 1.82) is 0 Å². The third kappa shape index (κ3) is 6.39. The van der Waals surface area contributed by atoms with Gasteiger partial charge in [0.15, 0.2) is 11.5 Å². The monoisotopic (exact) mass is 502 g/mol. The molecule has 3 heterocycles. The van der Waals surface area contributed by atoms with Crippen LogP contribution in [0.1, 0.15) is 16.1 Å². The topological polar surface area (TPSA) is 104 Å². The fourth-order valence-electron chi connectivity index (χ4n) is 3.90. The molecule has 1 fully saturated rings. The summed E-state index contributed by atoms with van der Waals surface area (Å²) < 4.78 is 42.4. The first-order valence-electron chi connectivity index (χ1n) is 11.2. The molecule has 9 nitrogen and oxygen atoms in total. The van der Waals surface area contributed by atoms with Gasteiger partial charge in [-0.25, -0.2) is 0 Å². The van der Waals surface area contributed by atoms with E-state index in [1.54, 1.807) is 30.8 Å². The summed E-state index contributed by atoms with van der Waals surface area (Å²) in [6.45, 7) is 2.10. The average Bonchev–Trinajstić information content (AvgIpc) is 2.87. The SMILES string of the molecule is COc1cc(-c2cncc(O)c2)ccc1CN1CCN(c2ccc(C(=O)NCC(F)(F)F)nn2)CC1. The Morgan fingerprint density at radius 1 is 1.06 bits per heavy atom. The van der Waals surface area contributed by atoms with Crippen LogP contribution in [0.3, 0.4) is 0 Å². The highest BCUT2D eigenvalue weighted by molar-refractivity contribution is 5.92. The molecule has 4 rings (SSSR count). The molecule has 0 unspecified atom stereocenters. The van der Waals surface area contributed by atoms with Gasteiger partial charge < -0.3 is 20.1 Å². The van der Waals surface area contributed by atoms with Gasteiger partial charge in [-0.2, -0.15) is 13.2 Å². The van der Waals surface area contributed by atoms with Crippen molar-refractivity contribution in [1.82, 2.24) is 25.4 Å². The number of aromatic nitrogens is 3. The average molecular weight is 502 g/mol. The van der Waals surface area contributed by atoms with Gasteiger partial charge in [-0.15, -0.1) is 10.2 Å². The second-order valence-electron chi connectivity index (χ2n) is 8.30. The molecule has 0 radical (unpaired) electrons. The van der Waals surface area contributed by atoms with E-state index in [-0.39, 0.29) is 11.4 Å². The molecule has 1 aromatic carbocycles. The van der Waals surface area contributed by atoms with Crippen LogP contribution in [0.2, 0.25) is 0 Å². The Morgan fingerprint density at radius 3 is 2.47 bits per heavy atom. The predicted molar refractivity (Wildman–Crippen MR) is 126 cm³/mol. The molecule has 1 aliphatic rings. The summed E-state index contributed by atoms with van der Waals surface area (Å²) in [6, 6.07) is 10.5. The van der Waals surface area contributed by atoms with Gasteiger partial charge in [0.05, 0.1) is 13.3 Å². The first kappa shape index (κ1) is 25.2. The van der Waals surface area contributed by atoms with Gasteiger partial charge in [0.25, 0.3) is 5.91 Å². The summed E-state index contributed by atoms with van der Waals surface area (Å²) in [5, 5.41) is 19.3. The standard InChI is InChI=1S/C24H25F3N6O3/c1-36-21-11-16(18-10-19(34)13-28-12-18)2-3-17(21)14-32-6-8-33(9-7-32)22-5-4-20(30-31-22)23(35)29-15-24(25,26)27/h2-5,10-13,34H,6-9,14-15H2,1H3,(H,29,35). The molecule has 0 spiro atoms. The molecule has 36 heavy (non-hydrogen) atoms. The van der Waals surface area contributed by atoms with Crippen molar-refractivity contribution < 1.29 is 27.8 Å². The summed E-state index contributed by atoms with van der Waals surface area (Å²) in [4.78, 5) is 20.1. The first-order chi connectivity index (χ1) is 17.2. The Balaban J connectivity index is 1.33. The highest BCUT2D eigenvalue weighted by Crippen LogP contribution is 2.29. The van der Waals surface area contributed by atoms with Gasteiger partial charge in [0.1, 0.15) is 18.0 Å². The number of benzene rings is 1. The third-order valence-electron chi connectivity index (χ3n) is 5.77. The van der Waals surface area contributed by atoms with E-state index in [0.29, 0.717) is 25.5 Å². The van der Waals surface area contributed by atoms with E-state index in [0.717, 1.165) is 35.5 Å². The van der Waals surface area contributed by atoms with Crippen LogP contribution in [0.15, 0.2) is 48.8 Å². The van der Waals surface area contributed by atoms with Crippen molar-refractivity contribution >= 4 is 11.7 Å². The summed E-state index contributed by atoms with van der Waals surface area (Å²) in [5.74, 6) is 0.473. The van der Waals surface area contributed by atoms with Crippen molar-refractivity contribution in [2.45, 2.75) is 12.7 Å². The fourth-order valence-corrected chi connectivity index (χ4v) is 3.90. The molecular formula is C24H25F3N6O3. The number of amides is 1. The minimum Gasteiger partial charge on any atom is -0.506 e. The Hall–Kier alpha value is -3.93. The highest BCUT2D eigenvalue weighted by atomic mass is 19.4. The summed E-state index contributed by atoms with van der Waals surface area (Å²) in [5.41, 5.74) is 2.53. The van der Waals surface area contributed by atoms with E-state index in [9.17, 15) is 23.1 Å². The highest BCUT2D eigenvalue weighted by Gasteiger charge is 2.28. The van der Waals surface area contributed by atoms with Gasteiger partial charge >= 0.3 is 6.18 Å². The zero-order valence-electron chi connectivity index (χ0n) is 19.5. The number of rotatable bonds is 7. The molecule has 1 aliphatic heterocycles. The number of halogens is 3. The van der Waals surface area contributed by atoms with Crippen molar-refractivity contribution in [2.24, 2.45) is 0 Å². The number of carbonyl (C=O) groups excluding carboxylic acids is 1. The maximum Gasteiger partial charge on any atom is 0.405 e. The van der Waals surface area contributed by atoms with E-state index in [4.69, 9.17) is 4.74 Å². The summed E-state index contributed by atoms with van der Waals surface area (Å²) in [6.07, 6.45) is -1.43. The Morgan fingerprint density at radius 2 is 1.83 bits per heavy atom. The molecule has 0 aliphatic carbocycles. The van der Waals surface area contributed by atoms with Gasteiger partial charge in [0.2, 0.25) is 0 Å². The number of pyridine rings is 1. The van der Waals surface area contributed by atoms with Crippen LogP contribution in [0.5, 0.6) is 11.5 Å². The van der Waals surface area contributed by atoms with Crippen molar-refractivity contribution in [2.75, 3.05) is 44.7 Å². The minimum absolute atomic E-state index is 0.0949. The zero-order chi connectivity index (χ0) is 25.7. The Kier molecular flexibility index (Phi) is 7.53. The summed E-state index contributed by atoms with van der Waals surface area (Å²) >= 11 is 0. The second kappa shape index (κ2) is 10.8. The molecule has 3 aromatic rings. The molecule has 190 valence electrons. The van der Waals surface area contributed by atoms with Crippen LogP contribution >= 0.6 is 0 Å². The van der Waals surface area contributed by atoms with Gasteiger partial charge in [-0.3, -0.25) is 14.7 Å². The third-order valence-corrected chi connectivity index (χ3v) is 5.77. The molecule has 0 saturated carbocycles. The lowest BCUT2D eigenvalue weighted by Gasteiger charge is -2.35. The van der Waals surface area contributed by atoms with E-state index >= 15 is 0 Å². The zero-order valence-corrected chi connectivity index (χ0v) is 19.5. The number of ether oxygens (including phenoxy) is 1. The molecule has 2 aromatic heterocycles. The van der Waals surface area contributed by atoms with Crippen molar-refractivity contribution in [3.05, 3.63) is 60.0 Å². The molecule has 0 bridgehead atoms. The lowest BCUT2D eigenvalue weighted by atomic mass is 10.0. The number of hydrogen-bond acceptors (Lipinski definition) is 8. The maximum absolute atomic E-state index is 12.3. The van der Waals surface area contributed by atoms with Crippen LogP contribution in [0, 0.1) is 0 Å². The van der Waals surface area contributed by atoms with Crippen LogP contribution < -0.4 is 15.0 Å². The number of hydrogen-bond donors (Lipinski definition) is 2. The first-order valence-corrected chi connectivity index (χ1v) is 11.2. The molecule has 12 heteroatoms. The number of nitrogens with one attached hydrogen (secondary N) is 1. The smallest absolute Gasteiger partial charge is 0.405 e. The second-order valence-corrected chi connectivity index (χ2v) is 8.30. The summed E-state index contributed by atoms with van der Waals surface area (Å²) in [7, 11) is 1.62. The fraction of sp³-hybridized carbons (Fsp3) is 0.333. The number of carbonyl (C=O) groups is 1. The van der Waals surface area contributed by atoms with Gasteiger partial charge in [0, 0.05) is 50.0 Å². The van der Waals surface area contributed by atoms with Crippen LogP contribution in [-0.2, 0) is 6.54 Å². The predicted octanol–water partition coefficient (Wildman–Crippen LogP) is 2.87. The van der Waals surface area contributed by atoms with Gasteiger partial charge in [-0.05, 0) is 29.8 Å². The minimum atomic E-state index is -4.49. The number of aromatic hydroxyl groups is 1. The lowest BCUT2D eigenvalue weighted by Crippen LogP contribution is -2.46. The van der Waals surface area contributed by atoms with Crippen LogP contribution in [0.25, 0.3) is 11.1 Å². The molecule has 0 atom stereocenters. The van der Waals surface area contributed by atoms with E-state index in [1.807, 2.05) is 23.1 Å². The normalized spacial score (nSPS) is 14.5. The molecular weight excluding hydrogens is 477 g/mol. The molecule has 1 saturated heterocycles. The number of anilines is 1. The number of nitrogens with zero attached hydrogens (tertiary/aromatic N) is 5. The lowest BCUT2D eigenvalue weighted by molar-refractivity contribution is -0.123. The maximum atomic E-state index is 12.3. The number of alkyl halides is 3. The van der Waals surface area contributed by atoms with Crippen molar-refractivity contribution in [3.63, 3.8) is 0 Å². The van der Waals surface area contributed by atoms with E-state index < -0.39 is 18.6 Å². The quantitative estimate of drug-likeness (QED) is 0.509. The molecule has 2 N–H and O–H groups in total. The Bertz CT molecular complexity index is 1200. The van der Waals surface area contributed by atoms with Crippen LogP contribution in [-0.4, -0.2) is 77.1 Å². The van der Waals surface area contributed by atoms with E-state index in [1.165, 1.54) is 12.3 Å². The van der Waals surface area contributed by atoms with E-state index in [2.05, 4.69) is 20.1 Å². The van der Waals surface area contributed by atoms with Gasteiger partial charge in [-0.1, -0.05) is 12.1 Å². The largest absolute Gasteiger partial charge is 0.506 e. The molecule has 1 amide bonds. The van der Waals surface area contributed by atoms with Crippen molar-refractivity contribution in [3.8, 4) is 22.6 Å². The number of piperazine rings is 1. The Labute approximate surface area is 205 Å². The number of methoxy groups -OCH3 is 1. The van der Waals surface area contributed by atoms with Crippen LogP contribution in [0.4, 0.5) is 19.0 Å².